The molecule has 3 aliphatic rings. The van der Waals surface area contributed by atoms with Crippen LogP contribution in [0.4, 0.5) is 4.39 Å². The highest BCUT2D eigenvalue weighted by Crippen LogP contribution is 2.61. The molecular formula is C23H30FIO2. The highest BCUT2D eigenvalue weighted by atomic mass is 127. The molecule has 0 aliphatic heterocycles. The molecule has 4 heteroatoms. The molecule has 0 aromatic heterocycles. The lowest BCUT2D eigenvalue weighted by molar-refractivity contribution is -0.130. The van der Waals surface area contributed by atoms with Gasteiger partial charge in [0, 0.05) is 11.8 Å². The lowest BCUT2D eigenvalue weighted by Crippen LogP contribution is -2.46. The second kappa shape index (κ2) is 7.64. The molecule has 0 spiro atoms. The van der Waals surface area contributed by atoms with Gasteiger partial charge >= 0.3 is 0 Å². The zero-order valence-electron chi connectivity index (χ0n) is 16.1. The number of ketones is 1. The van der Waals surface area contributed by atoms with Crippen molar-refractivity contribution >= 4 is 28.4 Å². The van der Waals surface area contributed by atoms with Crippen molar-refractivity contribution in [3.63, 3.8) is 0 Å². The highest BCUT2D eigenvalue weighted by molar-refractivity contribution is 14.1. The Balaban J connectivity index is 1.68. The maximum Gasteiger partial charge on any atom is 0.165 e. The number of fused-ring (bicyclic) bond motifs is 5. The number of unbranched alkanes of at least 4 members (excludes halogenated alkanes) is 2. The Morgan fingerprint density at radius 1 is 1.26 bits per heavy atom. The molecule has 2 nitrogen and oxygen atoms in total. The van der Waals surface area contributed by atoms with Crippen LogP contribution in [0, 0.1) is 29.0 Å². The number of hydrogen-bond acceptors (Lipinski definition) is 2. The number of alkyl halides is 1. The topological polar surface area (TPSA) is 37.3 Å². The maximum absolute atomic E-state index is 14.2. The number of Topliss-reactive ketones (excluding diaryl/α,β-unsaturated/α-hetero) is 1. The smallest absolute Gasteiger partial charge is 0.165 e. The van der Waals surface area contributed by atoms with E-state index in [2.05, 4.69) is 29.5 Å². The third kappa shape index (κ3) is 3.34. The van der Waals surface area contributed by atoms with Gasteiger partial charge in [0.05, 0.1) is 0 Å². The number of phenols is 1. The molecule has 27 heavy (non-hydrogen) atoms. The lowest BCUT2D eigenvalue weighted by Gasteiger charge is -2.51. The standard InChI is InChI=1S/C23H30FIO2/c1-23-9-8-16-17-13-19(24)20(26)12-15(17)11-14(5-3-2-4-10-25)22(16)18(23)6-7-21(23)27/h12-14,16,18,22,26H,2-11H2,1H3/t14-,16-,18+,22-,23+/m1/s1. The normalized spacial score (nSPS) is 34.9. The van der Waals surface area contributed by atoms with Gasteiger partial charge in [-0.25, -0.2) is 4.39 Å². The summed E-state index contributed by atoms with van der Waals surface area (Å²) in [4.78, 5) is 12.7. The largest absolute Gasteiger partial charge is 0.505 e. The van der Waals surface area contributed by atoms with Gasteiger partial charge in [-0.15, -0.1) is 0 Å². The Bertz CT molecular complexity index is 733. The quantitative estimate of drug-likeness (QED) is 0.308. The van der Waals surface area contributed by atoms with Gasteiger partial charge in [0.2, 0.25) is 0 Å². The molecule has 1 aromatic carbocycles. The van der Waals surface area contributed by atoms with Crippen LogP contribution in [-0.4, -0.2) is 15.3 Å². The number of rotatable bonds is 5. The molecule has 0 radical (unpaired) electrons. The maximum atomic E-state index is 14.2. The summed E-state index contributed by atoms with van der Waals surface area (Å²) < 4.78 is 15.4. The highest BCUT2D eigenvalue weighted by Gasteiger charge is 2.56. The van der Waals surface area contributed by atoms with E-state index in [1.165, 1.54) is 30.1 Å². The van der Waals surface area contributed by atoms with Crippen molar-refractivity contribution in [3.8, 4) is 5.75 Å². The van der Waals surface area contributed by atoms with Crippen molar-refractivity contribution in [3.05, 3.63) is 29.1 Å². The first-order valence-electron chi connectivity index (χ1n) is 10.6. The summed E-state index contributed by atoms with van der Waals surface area (Å²) in [5.74, 6) is 1.59. The van der Waals surface area contributed by atoms with Crippen molar-refractivity contribution in [2.45, 2.75) is 70.6 Å². The minimum atomic E-state index is -0.496. The van der Waals surface area contributed by atoms with E-state index in [0.717, 1.165) is 43.2 Å². The summed E-state index contributed by atoms with van der Waals surface area (Å²) in [6, 6.07) is 3.26. The third-order valence-electron chi connectivity index (χ3n) is 7.88. The fourth-order valence-electron chi connectivity index (χ4n) is 6.52. The zero-order chi connectivity index (χ0) is 19.2. The Morgan fingerprint density at radius 3 is 2.85 bits per heavy atom. The molecule has 4 rings (SSSR count). The summed E-state index contributed by atoms with van der Waals surface area (Å²) in [6.07, 6.45) is 9.52. The van der Waals surface area contributed by atoms with Gasteiger partial charge in [0.15, 0.2) is 11.6 Å². The van der Waals surface area contributed by atoms with Crippen LogP contribution < -0.4 is 0 Å². The van der Waals surface area contributed by atoms with E-state index in [4.69, 9.17) is 0 Å². The molecule has 0 bridgehead atoms. The number of carbonyl (C=O) groups is 1. The van der Waals surface area contributed by atoms with Gasteiger partial charge < -0.3 is 5.11 Å². The number of carbonyl (C=O) groups excluding carboxylic acids is 1. The molecule has 3 aliphatic carbocycles. The van der Waals surface area contributed by atoms with E-state index in [9.17, 15) is 14.3 Å². The van der Waals surface area contributed by atoms with Crippen LogP contribution in [0.5, 0.6) is 5.75 Å². The van der Waals surface area contributed by atoms with E-state index >= 15 is 0 Å². The molecule has 0 heterocycles. The van der Waals surface area contributed by atoms with Crippen LogP contribution in [0.2, 0.25) is 0 Å². The summed E-state index contributed by atoms with van der Waals surface area (Å²) >= 11 is 2.44. The molecule has 0 amide bonds. The Morgan fingerprint density at radius 2 is 2.07 bits per heavy atom. The van der Waals surface area contributed by atoms with Crippen molar-refractivity contribution < 1.29 is 14.3 Å². The van der Waals surface area contributed by atoms with Crippen LogP contribution in [0.15, 0.2) is 12.1 Å². The van der Waals surface area contributed by atoms with Gasteiger partial charge in [0.25, 0.3) is 0 Å². The monoisotopic (exact) mass is 484 g/mol. The van der Waals surface area contributed by atoms with Gasteiger partial charge in [-0.2, -0.15) is 0 Å². The molecule has 0 unspecified atom stereocenters. The Kier molecular flexibility index (Phi) is 5.56. The van der Waals surface area contributed by atoms with Gasteiger partial charge in [-0.1, -0.05) is 42.4 Å². The van der Waals surface area contributed by atoms with Gasteiger partial charge in [-0.3, -0.25) is 4.79 Å². The van der Waals surface area contributed by atoms with Crippen molar-refractivity contribution in [1.29, 1.82) is 0 Å². The predicted octanol–water partition coefficient (Wildman–Crippen LogP) is 6.18. The zero-order valence-corrected chi connectivity index (χ0v) is 18.3. The molecule has 148 valence electrons. The Hall–Kier alpha value is -0.650. The molecule has 5 atom stereocenters. The number of phenolic OH excluding ortho intramolecular Hbond substituents is 1. The molecule has 1 N–H and O–H groups in total. The molecule has 0 saturated heterocycles. The number of aromatic hydroxyl groups is 1. The summed E-state index contributed by atoms with van der Waals surface area (Å²) in [7, 11) is 0. The van der Waals surface area contributed by atoms with Crippen molar-refractivity contribution in [1.82, 2.24) is 0 Å². The average Bonchev–Trinajstić information content (AvgIpc) is 2.95. The number of benzene rings is 1. The summed E-state index contributed by atoms with van der Waals surface area (Å²) in [5, 5.41) is 9.91. The van der Waals surface area contributed by atoms with E-state index in [1.807, 2.05) is 0 Å². The average molecular weight is 484 g/mol. The molecular weight excluding hydrogens is 454 g/mol. The second-order valence-corrected chi connectivity index (χ2v) is 10.3. The Labute approximate surface area is 175 Å². The first-order valence-corrected chi connectivity index (χ1v) is 12.1. The minimum absolute atomic E-state index is 0.158. The fourth-order valence-corrected chi connectivity index (χ4v) is 7.06. The van der Waals surface area contributed by atoms with Crippen LogP contribution in [0.25, 0.3) is 0 Å². The molecule has 2 fully saturated rings. The van der Waals surface area contributed by atoms with Crippen molar-refractivity contribution in [2.75, 3.05) is 4.43 Å². The third-order valence-corrected chi connectivity index (χ3v) is 8.65. The van der Waals surface area contributed by atoms with E-state index in [1.54, 1.807) is 12.1 Å². The minimum Gasteiger partial charge on any atom is -0.505 e. The molecule has 2 saturated carbocycles. The summed E-state index contributed by atoms with van der Waals surface area (Å²) in [5.41, 5.74) is 2.09. The SMILES string of the molecule is C[C@]12CC[C@@H]3c4cc(F)c(O)cc4C[C@@H](CCCCCI)[C@H]3[C@@H]1CCC2=O. The van der Waals surface area contributed by atoms with Gasteiger partial charge in [0.1, 0.15) is 5.78 Å². The number of halogens is 2. The first kappa shape index (κ1) is 19.7. The second-order valence-electron chi connectivity index (χ2n) is 9.21. The van der Waals surface area contributed by atoms with Gasteiger partial charge in [-0.05, 0) is 89.9 Å². The summed E-state index contributed by atoms with van der Waals surface area (Å²) in [6.45, 7) is 2.20. The van der Waals surface area contributed by atoms with Crippen molar-refractivity contribution in [2.24, 2.45) is 23.2 Å². The van der Waals surface area contributed by atoms with Crippen LogP contribution in [0.3, 0.4) is 0 Å². The van der Waals surface area contributed by atoms with E-state index < -0.39 is 5.82 Å². The van der Waals surface area contributed by atoms with Crippen LogP contribution >= 0.6 is 22.6 Å². The fraction of sp³-hybridized carbons (Fsp3) is 0.696. The number of hydrogen-bond donors (Lipinski definition) is 1. The van der Waals surface area contributed by atoms with E-state index in [-0.39, 0.29) is 11.2 Å². The predicted molar refractivity (Wildman–Crippen MR) is 114 cm³/mol. The van der Waals surface area contributed by atoms with E-state index in [0.29, 0.717) is 29.5 Å². The lowest BCUT2D eigenvalue weighted by atomic mass is 9.52. The van der Waals surface area contributed by atoms with Crippen LogP contribution in [-0.2, 0) is 11.2 Å². The first-order chi connectivity index (χ1) is 13.0. The molecule has 1 aromatic rings. The van der Waals surface area contributed by atoms with Crippen LogP contribution in [0.1, 0.15) is 75.3 Å².